The Hall–Kier alpha value is -2.79. The molecule has 3 rings (SSSR count). The molecule has 0 atom stereocenters. The van der Waals surface area contributed by atoms with Crippen LogP contribution in [0.2, 0.25) is 0 Å². The summed E-state index contributed by atoms with van der Waals surface area (Å²) in [7, 11) is 1.02. The number of methoxy groups -OCH3 is 3. The van der Waals surface area contributed by atoms with E-state index in [2.05, 4.69) is 0 Å². The van der Waals surface area contributed by atoms with Crippen LogP contribution in [-0.2, 0) is 18.8 Å². The van der Waals surface area contributed by atoms with E-state index in [4.69, 9.17) is 23.3 Å². The van der Waals surface area contributed by atoms with Gasteiger partial charge in [-0.1, -0.05) is 36.4 Å². The van der Waals surface area contributed by atoms with Crippen LogP contribution in [0.3, 0.4) is 0 Å². The summed E-state index contributed by atoms with van der Waals surface area (Å²) in [4.78, 5) is 0. The van der Waals surface area contributed by atoms with Gasteiger partial charge in [-0.05, 0) is 66.9 Å². The lowest BCUT2D eigenvalue weighted by Crippen LogP contribution is -2.31. The smallest absolute Gasteiger partial charge is 0.349 e. The Morgan fingerprint density at radius 1 is 0.576 bits per heavy atom. The number of hydrogen-bond donors (Lipinski definition) is 0. The van der Waals surface area contributed by atoms with Crippen molar-refractivity contribution in [2.75, 3.05) is 34.5 Å². The Labute approximate surface area is 195 Å². The summed E-state index contributed by atoms with van der Waals surface area (Å²) < 4.78 is 42.9. The molecule has 0 aromatic heterocycles. The molecular formula is C26H31O6P. The predicted molar refractivity (Wildman–Crippen MR) is 130 cm³/mol. The highest BCUT2D eigenvalue weighted by Gasteiger charge is 2.55. The maximum Gasteiger partial charge on any atom is 0.349 e. The summed E-state index contributed by atoms with van der Waals surface area (Å²) in [6.07, 6.45) is 0. The van der Waals surface area contributed by atoms with E-state index in [0.717, 1.165) is 16.7 Å². The molecule has 7 heteroatoms. The third kappa shape index (κ3) is 4.65. The molecule has 0 fully saturated rings. The second kappa shape index (κ2) is 10.9. The number of ether oxygens (including phenoxy) is 3. The average Bonchev–Trinajstić information content (AvgIpc) is 2.86. The fourth-order valence-electron chi connectivity index (χ4n) is 4.04. The van der Waals surface area contributed by atoms with Gasteiger partial charge in [0.2, 0.25) is 0 Å². The van der Waals surface area contributed by atoms with Crippen LogP contribution in [0, 0.1) is 0 Å². The molecule has 0 bridgehead atoms. The molecule has 6 nitrogen and oxygen atoms in total. The first-order valence-corrected chi connectivity index (χ1v) is 12.4. The number of hydrogen-bond acceptors (Lipinski definition) is 6. The first kappa shape index (κ1) is 24.8. The molecule has 0 aliphatic heterocycles. The molecule has 3 aromatic carbocycles. The number of benzene rings is 3. The van der Waals surface area contributed by atoms with Gasteiger partial charge in [-0.25, -0.2) is 0 Å². The summed E-state index contributed by atoms with van der Waals surface area (Å²) in [5.41, 5.74) is 2.26. The molecule has 0 radical (unpaired) electrons. The molecule has 0 amide bonds. The first-order chi connectivity index (χ1) is 16.0. The van der Waals surface area contributed by atoms with Gasteiger partial charge in [0, 0.05) is 0 Å². The van der Waals surface area contributed by atoms with E-state index in [1.807, 2.05) is 86.6 Å². The monoisotopic (exact) mass is 470 g/mol. The highest BCUT2D eigenvalue weighted by Crippen LogP contribution is 2.70. The van der Waals surface area contributed by atoms with Gasteiger partial charge in [0.25, 0.3) is 0 Å². The quantitative estimate of drug-likeness (QED) is 0.243. The molecule has 0 aliphatic carbocycles. The molecule has 0 heterocycles. The molecule has 0 aliphatic rings. The van der Waals surface area contributed by atoms with Gasteiger partial charge < -0.3 is 23.3 Å². The van der Waals surface area contributed by atoms with Crippen molar-refractivity contribution in [2.24, 2.45) is 0 Å². The summed E-state index contributed by atoms with van der Waals surface area (Å²) >= 11 is 0. The summed E-state index contributed by atoms with van der Waals surface area (Å²) in [5, 5.41) is -1.25. The standard InChI is InChI=1S/C26H31O6P/c1-6-31-33(27,32-7-2)26(20-8-14-23(28-3)15-9-20,21-10-16-24(29-4)17-11-21)22-12-18-25(30-5)19-13-22/h8-19H,6-7H2,1-5H3. The van der Waals surface area contributed by atoms with Gasteiger partial charge in [-0.3, -0.25) is 4.57 Å². The highest BCUT2D eigenvalue weighted by molar-refractivity contribution is 7.55. The Bertz CT molecular complexity index is 936. The van der Waals surface area contributed by atoms with E-state index >= 15 is 0 Å². The fourth-order valence-corrected chi connectivity index (χ4v) is 6.58. The van der Waals surface area contributed by atoms with Crippen LogP contribution in [0.25, 0.3) is 0 Å². The minimum atomic E-state index is -3.82. The van der Waals surface area contributed by atoms with Gasteiger partial charge in [0.05, 0.1) is 34.5 Å². The lowest BCUT2D eigenvalue weighted by Gasteiger charge is -2.40. The lowest BCUT2D eigenvalue weighted by atomic mass is 9.84. The van der Waals surface area contributed by atoms with Crippen molar-refractivity contribution < 1.29 is 27.8 Å². The van der Waals surface area contributed by atoms with Crippen molar-refractivity contribution in [1.82, 2.24) is 0 Å². The third-order valence-electron chi connectivity index (χ3n) is 5.53. The average molecular weight is 471 g/mol. The van der Waals surface area contributed by atoms with Gasteiger partial charge in [0.15, 0.2) is 0 Å². The SMILES string of the molecule is CCOP(=O)(OCC)C(c1ccc(OC)cc1)(c1ccc(OC)cc1)c1ccc(OC)cc1. The topological polar surface area (TPSA) is 63.2 Å². The summed E-state index contributed by atoms with van der Waals surface area (Å²) in [6.45, 7) is 4.07. The second-order valence-corrected chi connectivity index (χ2v) is 9.41. The van der Waals surface area contributed by atoms with Gasteiger partial charge >= 0.3 is 7.60 Å². The molecule has 0 spiro atoms. The molecular weight excluding hydrogens is 439 g/mol. The van der Waals surface area contributed by atoms with Gasteiger partial charge in [-0.2, -0.15) is 0 Å². The third-order valence-corrected chi connectivity index (χ3v) is 8.32. The molecule has 3 aromatic rings. The minimum Gasteiger partial charge on any atom is -0.497 e. The van der Waals surface area contributed by atoms with E-state index < -0.39 is 12.8 Å². The minimum absolute atomic E-state index is 0.224. The van der Waals surface area contributed by atoms with Crippen LogP contribution in [0.4, 0.5) is 0 Å². The first-order valence-electron chi connectivity index (χ1n) is 10.8. The molecule has 0 N–H and O–H groups in total. The van der Waals surface area contributed by atoms with Crippen LogP contribution in [0.5, 0.6) is 17.2 Å². The highest BCUT2D eigenvalue weighted by atomic mass is 31.2. The lowest BCUT2D eigenvalue weighted by molar-refractivity contribution is 0.206. The Morgan fingerprint density at radius 2 is 0.848 bits per heavy atom. The maximum absolute atomic E-state index is 14.8. The van der Waals surface area contributed by atoms with E-state index in [1.165, 1.54) is 0 Å². The van der Waals surface area contributed by atoms with Crippen LogP contribution in [-0.4, -0.2) is 34.5 Å². The summed E-state index contributed by atoms with van der Waals surface area (Å²) in [6, 6.07) is 22.5. The van der Waals surface area contributed by atoms with Crippen molar-refractivity contribution in [3.63, 3.8) is 0 Å². The molecule has 176 valence electrons. The van der Waals surface area contributed by atoms with E-state index in [9.17, 15) is 4.57 Å². The van der Waals surface area contributed by atoms with Crippen molar-refractivity contribution in [3.05, 3.63) is 89.5 Å². The predicted octanol–water partition coefficient (Wildman–Crippen LogP) is 6.27. The van der Waals surface area contributed by atoms with Crippen LogP contribution < -0.4 is 14.2 Å². The van der Waals surface area contributed by atoms with Gasteiger partial charge in [0.1, 0.15) is 22.4 Å². The Balaban J connectivity index is 2.44. The van der Waals surface area contributed by atoms with E-state index in [1.54, 1.807) is 21.3 Å². The maximum atomic E-state index is 14.8. The van der Waals surface area contributed by atoms with Crippen LogP contribution in [0.1, 0.15) is 30.5 Å². The van der Waals surface area contributed by atoms with Crippen LogP contribution >= 0.6 is 7.60 Å². The van der Waals surface area contributed by atoms with Gasteiger partial charge in [-0.15, -0.1) is 0 Å². The molecule has 0 saturated heterocycles. The molecule has 0 unspecified atom stereocenters. The zero-order valence-corrected chi connectivity index (χ0v) is 20.6. The van der Waals surface area contributed by atoms with E-state index in [-0.39, 0.29) is 13.2 Å². The zero-order chi connectivity index (χ0) is 23.9. The van der Waals surface area contributed by atoms with Crippen molar-refractivity contribution >= 4 is 7.60 Å². The number of rotatable bonds is 11. The van der Waals surface area contributed by atoms with E-state index in [0.29, 0.717) is 17.2 Å². The largest absolute Gasteiger partial charge is 0.497 e. The normalized spacial score (nSPS) is 11.8. The van der Waals surface area contributed by atoms with Crippen molar-refractivity contribution in [2.45, 2.75) is 19.0 Å². The van der Waals surface area contributed by atoms with Crippen molar-refractivity contribution in [1.29, 1.82) is 0 Å². The Kier molecular flexibility index (Phi) is 8.20. The van der Waals surface area contributed by atoms with Crippen LogP contribution in [0.15, 0.2) is 72.8 Å². The fraction of sp³-hybridized carbons (Fsp3) is 0.308. The summed E-state index contributed by atoms with van der Waals surface area (Å²) in [5.74, 6) is 2.08. The Morgan fingerprint density at radius 3 is 1.06 bits per heavy atom. The molecule has 33 heavy (non-hydrogen) atoms. The zero-order valence-electron chi connectivity index (χ0n) is 19.7. The second-order valence-electron chi connectivity index (χ2n) is 7.23. The van der Waals surface area contributed by atoms with Crippen molar-refractivity contribution in [3.8, 4) is 17.2 Å². The molecule has 0 saturated carbocycles.